The van der Waals surface area contributed by atoms with Gasteiger partial charge in [-0.25, -0.2) is 8.42 Å². The van der Waals surface area contributed by atoms with E-state index in [1.54, 1.807) is 18.2 Å². The average molecular weight is 324 g/mol. The van der Waals surface area contributed by atoms with Crippen molar-refractivity contribution in [3.8, 4) is 0 Å². The minimum atomic E-state index is -3.46. The summed E-state index contributed by atoms with van der Waals surface area (Å²) in [7, 11) is -1.54. The molecule has 0 radical (unpaired) electrons. The van der Waals surface area contributed by atoms with E-state index in [0.29, 0.717) is 30.5 Å². The summed E-state index contributed by atoms with van der Waals surface area (Å²) in [5.41, 5.74) is 0.440. The third-order valence-electron chi connectivity index (χ3n) is 3.63. The first-order chi connectivity index (χ1) is 8.96. The van der Waals surface area contributed by atoms with Crippen LogP contribution in [0.1, 0.15) is 24.3 Å². The van der Waals surface area contributed by atoms with Crippen molar-refractivity contribution in [3.63, 3.8) is 0 Å². The Kier molecular flexibility index (Phi) is 6.00. The maximum Gasteiger partial charge on any atom is 0.248 e. The fourth-order valence-electron chi connectivity index (χ4n) is 2.61. The zero-order chi connectivity index (χ0) is 14.0. The summed E-state index contributed by atoms with van der Waals surface area (Å²) in [6.45, 7) is 5.38. The molecule has 0 unspecified atom stereocenters. The molecule has 0 amide bonds. The highest BCUT2D eigenvalue weighted by Crippen LogP contribution is 2.27. The molecule has 1 N–H and O–H groups in total. The summed E-state index contributed by atoms with van der Waals surface area (Å²) >= 11 is 0. The van der Waals surface area contributed by atoms with Crippen LogP contribution in [-0.2, 0) is 10.0 Å². The molecule has 2 heterocycles. The molecule has 0 bridgehead atoms. The van der Waals surface area contributed by atoms with Crippen molar-refractivity contribution in [2.24, 2.45) is 5.92 Å². The summed E-state index contributed by atoms with van der Waals surface area (Å²) in [5.74, 6) is 0.927. The zero-order valence-corrected chi connectivity index (χ0v) is 13.7. The van der Waals surface area contributed by atoms with Crippen molar-refractivity contribution in [2.75, 3.05) is 26.7 Å². The number of aryl methyl sites for hydroxylation is 2. The number of hydrogen-bond donors (Lipinski definition) is 1. The Bertz CT molecular complexity index is 517. The molecule has 1 aliphatic rings. The molecule has 1 aromatic heterocycles. The lowest BCUT2D eigenvalue weighted by molar-refractivity contribution is 0.270. The summed E-state index contributed by atoms with van der Waals surface area (Å²) in [4.78, 5) is 0.236. The molecular formula is C12H22ClN3O3S. The second kappa shape index (κ2) is 6.89. The molecule has 1 aliphatic heterocycles. The highest BCUT2D eigenvalue weighted by atomic mass is 35.5. The minimum absolute atomic E-state index is 0. The van der Waals surface area contributed by atoms with E-state index in [-0.39, 0.29) is 17.3 Å². The van der Waals surface area contributed by atoms with E-state index < -0.39 is 10.0 Å². The molecule has 0 aromatic carbocycles. The van der Waals surface area contributed by atoms with Crippen LogP contribution >= 0.6 is 12.4 Å². The maximum atomic E-state index is 12.6. The molecule has 1 aromatic rings. The quantitative estimate of drug-likeness (QED) is 0.904. The van der Waals surface area contributed by atoms with Crippen LogP contribution in [0.2, 0.25) is 0 Å². The summed E-state index contributed by atoms with van der Waals surface area (Å²) < 4.78 is 31.6. The Labute approximate surface area is 126 Å². The number of halogens is 1. The zero-order valence-electron chi connectivity index (χ0n) is 12.0. The summed E-state index contributed by atoms with van der Waals surface area (Å²) in [6, 6.07) is 0. The van der Waals surface area contributed by atoms with Gasteiger partial charge in [0.1, 0.15) is 10.6 Å². The topological polar surface area (TPSA) is 75.4 Å². The Morgan fingerprint density at radius 2 is 1.95 bits per heavy atom. The lowest BCUT2D eigenvalue weighted by Gasteiger charge is -2.30. The maximum absolute atomic E-state index is 12.6. The van der Waals surface area contributed by atoms with Crippen LogP contribution in [-0.4, -0.2) is 44.6 Å². The van der Waals surface area contributed by atoms with Crippen LogP contribution < -0.4 is 5.32 Å². The van der Waals surface area contributed by atoms with E-state index in [1.165, 1.54) is 0 Å². The third kappa shape index (κ3) is 3.33. The van der Waals surface area contributed by atoms with E-state index in [1.807, 2.05) is 7.05 Å². The van der Waals surface area contributed by atoms with Gasteiger partial charge < -0.3 is 9.84 Å². The Balaban J connectivity index is 0.00000200. The first-order valence-corrected chi connectivity index (χ1v) is 7.98. The van der Waals surface area contributed by atoms with Gasteiger partial charge in [-0.05, 0) is 46.2 Å². The Morgan fingerprint density at radius 1 is 1.35 bits per heavy atom. The van der Waals surface area contributed by atoms with E-state index >= 15 is 0 Å². The normalized spacial score (nSPS) is 17.9. The number of nitrogens with one attached hydrogen (secondary N) is 1. The number of piperidine rings is 1. The summed E-state index contributed by atoms with van der Waals surface area (Å²) in [6.07, 6.45) is 1.78. The smallest absolute Gasteiger partial charge is 0.248 e. The van der Waals surface area contributed by atoms with Crippen molar-refractivity contribution in [3.05, 3.63) is 11.5 Å². The molecule has 0 saturated carbocycles. The molecule has 8 heteroatoms. The van der Waals surface area contributed by atoms with Crippen LogP contribution in [0, 0.1) is 19.8 Å². The number of sulfonamides is 1. The van der Waals surface area contributed by atoms with Gasteiger partial charge in [0.15, 0.2) is 5.76 Å². The van der Waals surface area contributed by atoms with Gasteiger partial charge in [-0.1, -0.05) is 5.16 Å². The van der Waals surface area contributed by atoms with E-state index in [2.05, 4.69) is 10.5 Å². The van der Waals surface area contributed by atoms with Crippen molar-refractivity contribution < 1.29 is 12.9 Å². The van der Waals surface area contributed by atoms with Gasteiger partial charge in [0, 0.05) is 13.1 Å². The number of rotatable bonds is 4. The van der Waals surface area contributed by atoms with Crippen LogP contribution in [0.15, 0.2) is 9.42 Å². The molecule has 1 saturated heterocycles. The fourth-order valence-corrected chi connectivity index (χ4v) is 4.38. The van der Waals surface area contributed by atoms with Gasteiger partial charge in [0.25, 0.3) is 0 Å². The van der Waals surface area contributed by atoms with Gasteiger partial charge in [-0.15, -0.1) is 12.4 Å². The van der Waals surface area contributed by atoms with Crippen LogP contribution in [0.4, 0.5) is 0 Å². The molecule has 2 rings (SSSR count). The Hall–Kier alpha value is -0.630. The molecule has 1 fully saturated rings. The third-order valence-corrected chi connectivity index (χ3v) is 5.78. The first-order valence-electron chi connectivity index (χ1n) is 6.54. The van der Waals surface area contributed by atoms with E-state index in [9.17, 15) is 8.42 Å². The first kappa shape index (κ1) is 17.4. The van der Waals surface area contributed by atoms with Gasteiger partial charge >= 0.3 is 0 Å². The van der Waals surface area contributed by atoms with Crippen LogP contribution in [0.5, 0.6) is 0 Å². The standard InChI is InChI=1S/C12H21N3O3S.ClH/c1-9-12(10(2)18-14-9)19(16,17)15-6-4-11(5-7-15)8-13-3;/h11,13H,4-8H2,1-3H3;1H. The minimum Gasteiger partial charge on any atom is -0.360 e. The second-order valence-corrected chi connectivity index (χ2v) is 6.93. The molecule has 6 nitrogen and oxygen atoms in total. The molecule has 20 heavy (non-hydrogen) atoms. The van der Waals surface area contributed by atoms with Gasteiger partial charge in [0.2, 0.25) is 10.0 Å². The van der Waals surface area contributed by atoms with E-state index in [0.717, 1.165) is 19.4 Å². The molecule has 0 spiro atoms. The van der Waals surface area contributed by atoms with Crippen LogP contribution in [0.3, 0.4) is 0 Å². The van der Waals surface area contributed by atoms with Gasteiger partial charge in [-0.3, -0.25) is 0 Å². The predicted octanol–water partition coefficient (Wildman–Crippen LogP) is 1.33. The molecule has 0 aliphatic carbocycles. The lowest BCUT2D eigenvalue weighted by Crippen LogP contribution is -2.40. The lowest BCUT2D eigenvalue weighted by atomic mass is 9.98. The molecule has 0 atom stereocenters. The van der Waals surface area contributed by atoms with Crippen LogP contribution in [0.25, 0.3) is 0 Å². The van der Waals surface area contributed by atoms with Gasteiger partial charge in [-0.2, -0.15) is 4.31 Å². The largest absolute Gasteiger partial charge is 0.360 e. The van der Waals surface area contributed by atoms with Crippen molar-refractivity contribution in [1.82, 2.24) is 14.8 Å². The highest BCUT2D eigenvalue weighted by molar-refractivity contribution is 7.89. The second-order valence-electron chi connectivity index (χ2n) is 5.06. The summed E-state index contributed by atoms with van der Waals surface area (Å²) in [5, 5.41) is 6.87. The monoisotopic (exact) mass is 323 g/mol. The van der Waals surface area contributed by atoms with Crippen molar-refractivity contribution in [1.29, 1.82) is 0 Å². The molecule has 116 valence electrons. The average Bonchev–Trinajstić information content (AvgIpc) is 2.70. The predicted molar refractivity (Wildman–Crippen MR) is 78.6 cm³/mol. The fraction of sp³-hybridized carbons (Fsp3) is 0.750. The highest BCUT2D eigenvalue weighted by Gasteiger charge is 2.33. The van der Waals surface area contributed by atoms with Crippen molar-refractivity contribution >= 4 is 22.4 Å². The molecular weight excluding hydrogens is 302 g/mol. The number of nitrogens with zero attached hydrogens (tertiary/aromatic N) is 2. The number of hydrogen-bond acceptors (Lipinski definition) is 5. The Morgan fingerprint density at radius 3 is 2.40 bits per heavy atom. The number of aromatic nitrogens is 1. The van der Waals surface area contributed by atoms with Crippen molar-refractivity contribution in [2.45, 2.75) is 31.6 Å². The van der Waals surface area contributed by atoms with E-state index in [4.69, 9.17) is 4.52 Å². The SMILES string of the molecule is CNCC1CCN(S(=O)(=O)c2c(C)noc2C)CC1.Cl. The van der Waals surface area contributed by atoms with Gasteiger partial charge in [0.05, 0.1) is 0 Å².